The molecule has 2 fully saturated rings. The van der Waals surface area contributed by atoms with Crippen LogP contribution in [0.25, 0.3) is 16.7 Å². The molecule has 188 valence electrons. The van der Waals surface area contributed by atoms with E-state index in [1.165, 1.54) is 45.5 Å². The minimum absolute atomic E-state index is 0.265. The first-order valence-electron chi connectivity index (χ1n) is 13.2. The number of hydrogen-bond acceptors (Lipinski definition) is 3. The van der Waals surface area contributed by atoms with Gasteiger partial charge in [-0.15, -0.1) is 0 Å². The average Bonchev–Trinajstić information content (AvgIpc) is 2.85. The van der Waals surface area contributed by atoms with Gasteiger partial charge in [-0.05, 0) is 82.2 Å². The van der Waals surface area contributed by atoms with E-state index in [4.69, 9.17) is 4.74 Å². The number of anilines is 1. The number of phenolic OH excluding ortho intramolecular Hbond substituents is 1. The molecule has 2 aliphatic rings. The summed E-state index contributed by atoms with van der Waals surface area (Å²) in [4.78, 5) is 2.39. The highest BCUT2D eigenvalue weighted by molar-refractivity contribution is 5.83. The van der Waals surface area contributed by atoms with E-state index in [0.717, 1.165) is 39.1 Å². The first kappa shape index (κ1) is 24.6. The molecule has 0 spiro atoms. The second-order valence-electron chi connectivity index (χ2n) is 12.1. The SMILES string of the molecule is CC1(C)CC(=C(c2ccc(O)cc2)c2ccc(-c3ccc(N4CCOCC4)cc3)cc2)CC(C)(C)C1. The van der Waals surface area contributed by atoms with Crippen LogP contribution >= 0.6 is 0 Å². The van der Waals surface area contributed by atoms with E-state index in [2.05, 4.69) is 93.3 Å². The van der Waals surface area contributed by atoms with E-state index in [0.29, 0.717) is 5.75 Å². The van der Waals surface area contributed by atoms with Crippen molar-refractivity contribution in [2.24, 2.45) is 10.8 Å². The molecule has 5 rings (SSSR count). The quantitative estimate of drug-likeness (QED) is 0.411. The Hall–Kier alpha value is -3.04. The first-order valence-corrected chi connectivity index (χ1v) is 13.2. The van der Waals surface area contributed by atoms with E-state index in [1.54, 1.807) is 12.1 Å². The fraction of sp³-hybridized carbons (Fsp3) is 0.394. The van der Waals surface area contributed by atoms with Crippen molar-refractivity contribution in [3.05, 3.63) is 89.5 Å². The van der Waals surface area contributed by atoms with Crippen molar-refractivity contribution in [3.63, 3.8) is 0 Å². The van der Waals surface area contributed by atoms with Crippen LogP contribution in [0.4, 0.5) is 5.69 Å². The van der Waals surface area contributed by atoms with Crippen LogP contribution in [0.2, 0.25) is 0 Å². The normalized spacial score (nSPS) is 19.2. The molecule has 0 atom stereocenters. The lowest BCUT2D eigenvalue weighted by Crippen LogP contribution is -2.36. The molecule has 36 heavy (non-hydrogen) atoms. The summed E-state index contributed by atoms with van der Waals surface area (Å²) in [6.45, 7) is 13.1. The number of benzene rings is 3. The maximum atomic E-state index is 9.93. The summed E-state index contributed by atoms with van der Waals surface area (Å²) in [5, 5.41) is 9.93. The van der Waals surface area contributed by atoms with Crippen molar-refractivity contribution in [1.82, 2.24) is 0 Å². The molecule has 0 unspecified atom stereocenters. The Balaban J connectivity index is 1.48. The Kier molecular flexibility index (Phi) is 6.70. The maximum absolute atomic E-state index is 9.93. The molecule has 1 saturated heterocycles. The molecule has 3 nitrogen and oxygen atoms in total. The molecule has 3 aromatic carbocycles. The summed E-state index contributed by atoms with van der Waals surface area (Å²) in [5.41, 5.74) is 9.53. The Morgan fingerprint density at radius 1 is 0.694 bits per heavy atom. The minimum atomic E-state index is 0.265. The lowest BCUT2D eigenvalue weighted by Gasteiger charge is -2.43. The molecule has 0 aromatic heterocycles. The number of phenols is 1. The van der Waals surface area contributed by atoms with Gasteiger partial charge in [0.25, 0.3) is 0 Å². The van der Waals surface area contributed by atoms with E-state index in [1.807, 2.05) is 0 Å². The highest BCUT2D eigenvalue weighted by Gasteiger charge is 2.37. The molecule has 1 aliphatic carbocycles. The van der Waals surface area contributed by atoms with E-state index < -0.39 is 0 Å². The number of rotatable bonds is 4. The third-order valence-corrected chi connectivity index (χ3v) is 7.60. The molecule has 3 aromatic rings. The van der Waals surface area contributed by atoms with Crippen molar-refractivity contribution in [2.75, 3.05) is 31.2 Å². The van der Waals surface area contributed by atoms with Gasteiger partial charge in [0.1, 0.15) is 5.75 Å². The van der Waals surface area contributed by atoms with Gasteiger partial charge in [-0.2, -0.15) is 0 Å². The molecular formula is C33H39NO2. The van der Waals surface area contributed by atoms with Crippen molar-refractivity contribution in [3.8, 4) is 16.9 Å². The first-order chi connectivity index (χ1) is 17.2. The lowest BCUT2D eigenvalue weighted by atomic mass is 9.62. The smallest absolute Gasteiger partial charge is 0.115 e. The van der Waals surface area contributed by atoms with Gasteiger partial charge in [0.15, 0.2) is 0 Å². The number of hydrogen-bond donors (Lipinski definition) is 1. The van der Waals surface area contributed by atoms with Gasteiger partial charge in [0.2, 0.25) is 0 Å². The second kappa shape index (κ2) is 9.78. The van der Waals surface area contributed by atoms with Gasteiger partial charge < -0.3 is 14.7 Å². The van der Waals surface area contributed by atoms with Crippen molar-refractivity contribution in [2.45, 2.75) is 47.0 Å². The molecule has 1 N–H and O–H groups in total. The second-order valence-corrected chi connectivity index (χ2v) is 12.1. The molecular weight excluding hydrogens is 442 g/mol. The Morgan fingerprint density at radius 3 is 1.69 bits per heavy atom. The van der Waals surface area contributed by atoms with Crippen LogP contribution < -0.4 is 4.90 Å². The summed E-state index contributed by atoms with van der Waals surface area (Å²) < 4.78 is 5.49. The topological polar surface area (TPSA) is 32.7 Å². The molecule has 0 bridgehead atoms. The Bertz CT molecular complexity index is 1190. The zero-order chi connectivity index (χ0) is 25.3. The number of aromatic hydroxyl groups is 1. The van der Waals surface area contributed by atoms with Gasteiger partial charge in [-0.25, -0.2) is 0 Å². The summed E-state index contributed by atoms with van der Waals surface area (Å²) in [7, 11) is 0. The average molecular weight is 482 g/mol. The van der Waals surface area contributed by atoms with E-state index in [9.17, 15) is 5.11 Å². The molecule has 3 heteroatoms. The van der Waals surface area contributed by atoms with Crippen LogP contribution in [0.1, 0.15) is 58.1 Å². The van der Waals surface area contributed by atoms with Crippen molar-refractivity contribution in [1.29, 1.82) is 0 Å². The van der Waals surface area contributed by atoms with Crippen LogP contribution in [-0.2, 0) is 4.74 Å². The summed E-state index contributed by atoms with van der Waals surface area (Å²) >= 11 is 0. The van der Waals surface area contributed by atoms with Crippen molar-refractivity contribution >= 4 is 11.3 Å². The molecule has 1 saturated carbocycles. The molecule has 0 radical (unpaired) electrons. The molecule has 1 heterocycles. The molecule has 1 aliphatic heterocycles. The van der Waals surface area contributed by atoms with Gasteiger partial charge >= 0.3 is 0 Å². The van der Waals surface area contributed by atoms with Crippen molar-refractivity contribution < 1.29 is 9.84 Å². The van der Waals surface area contributed by atoms with Crippen LogP contribution in [0.5, 0.6) is 5.75 Å². The maximum Gasteiger partial charge on any atom is 0.115 e. The van der Waals surface area contributed by atoms with Gasteiger partial charge in [0.05, 0.1) is 13.2 Å². The predicted molar refractivity (Wildman–Crippen MR) is 150 cm³/mol. The number of ether oxygens (including phenoxy) is 1. The highest BCUT2D eigenvalue weighted by Crippen LogP contribution is 2.51. The predicted octanol–water partition coefficient (Wildman–Crippen LogP) is 7.93. The number of allylic oxidation sites excluding steroid dienone is 1. The minimum Gasteiger partial charge on any atom is -0.508 e. The van der Waals surface area contributed by atoms with E-state index in [-0.39, 0.29) is 10.8 Å². The van der Waals surface area contributed by atoms with Gasteiger partial charge in [-0.1, -0.05) is 81.8 Å². The fourth-order valence-electron chi connectivity index (χ4n) is 6.53. The third-order valence-electron chi connectivity index (χ3n) is 7.60. The van der Waals surface area contributed by atoms with Gasteiger partial charge in [0, 0.05) is 18.8 Å². The van der Waals surface area contributed by atoms with Crippen LogP contribution in [0.3, 0.4) is 0 Å². The van der Waals surface area contributed by atoms with Gasteiger partial charge in [-0.3, -0.25) is 0 Å². The third kappa shape index (κ3) is 5.52. The zero-order valence-electron chi connectivity index (χ0n) is 22.2. The van der Waals surface area contributed by atoms with Crippen LogP contribution in [-0.4, -0.2) is 31.4 Å². The summed E-state index contributed by atoms with van der Waals surface area (Å²) in [6.07, 6.45) is 3.42. The lowest BCUT2D eigenvalue weighted by molar-refractivity contribution is 0.122. The number of nitrogens with zero attached hydrogens (tertiary/aromatic N) is 1. The summed E-state index contributed by atoms with van der Waals surface area (Å²) in [6, 6.07) is 25.7. The largest absolute Gasteiger partial charge is 0.508 e. The van der Waals surface area contributed by atoms with E-state index >= 15 is 0 Å². The Labute approximate surface area is 216 Å². The number of morpholine rings is 1. The molecule has 0 amide bonds. The Morgan fingerprint density at radius 2 is 1.17 bits per heavy atom. The van der Waals surface area contributed by atoms with Crippen LogP contribution in [0.15, 0.2) is 78.4 Å². The monoisotopic (exact) mass is 481 g/mol. The summed E-state index contributed by atoms with van der Waals surface area (Å²) in [5.74, 6) is 0.309. The zero-order valence-corrected chi connectivity index (χ0v) is 22.2. The standard InChI is InChI=1S/C33H39NO2/c1-32(2)21-28(22-33(3,4)23-32)31(27-11-15-30(35)16-12-27)26-7-5-24(6-8-26)25-9-13-29(14-10-25)34-17-19-36-20-18-34/h5-16,35H,17-23H2,1-4H3. The van der Waals surface area contributed by atoms with Crippen LogP contribution in [0, 0.1) is 10.8 Å². The fourth-order valence-corrected chi connectivity index (χ4v) is 6.53. The highest BCUT2D eigenvalue weighted by atomic mass is 16.5.